The first-order valence-electron chi connectivity index (χ1n) is 13.6. The van der Waals surface area contributed by atoms with Crippen molar-refractivity contribution in [3.8, 4) is 0 Å². The van der Waals surface area contributed by atoms with Crippen LogP contribution in [0.4, 0.5) is 0 Å². The molecule has 2 aromatic heterocycles. The number of nitrogens with zero attached hydrogens (tertiary/aromatic N) is 4. The summed E-state index contributed by atoms with van der Waals surface area (Å²) < 4.78 is 0.952. The van der Waals surface area contributed by atoms with Crippen LogP contribution >= 0.6 is 27.5 Å². The van der Waals surface area contributed by atoms with E-state index in [1.165, 1.54) is 16.7 Å². The maximum Gasteiger partial charge on any atom is 0.244 e. The molecule has 1 saturated carbocycles. The van der Waals surface area contributed by atoms with Crippen molar-refractivity contribution >= 4 is 39.3 Å². The molecule has 0 spiro atoms. The molecule has 3 heterocycles. The Morgan fingerprint density at radius 2 is 1.85 bits per heavy atom. The van der Waals surface area contributed by atoms with Gasteiger partial charge in [-0.25, -0.2) is 0 Å². The van der Waals surface area contributed by atoms with Crippen LogP contribution in [0.25, 0.3) is 0 Å². The lowest BCUT2D eigenvalue weighted by Crippen LogP contribution is -2.61. The monoisotopic (exact) mass is 607 g/mol. The third kappa shape index (κ3) is 5.88. The second kappa shape index (κ2) is 11.4. The maximum atomic E-state index is 13.6. The van der Waals surface area contributed by atoms with Crippen LogP contribution in [0.1, 0.15) is 46.8 Å². The zero-order chi connectivity index (χ0) is 26.9. The minimum absolute atomic E-state index is 0.0390. The summed E-state index contributed by atoms with van der Waals surface area (Å²) in [5, 5.41) is 3.86. The molecule has 202 valence electrons. The SMILES string of the molecule is O=C(NCC1CC1)C1CN(C2c3ccc(Cl)cc3CCc3cc(Br)cnc32)CCN1C(=O)Cc1ccncc1. The number of halogens is 2. The molecule has 39 heavy (non-hydrogen) atoms. The van der Waals surface area contributed by atoms with Crippen molar-refractivity contribution in [2.45, 2.75) is 44.2 Å². The number of benzene rings is 1. The largest absolute Gasteiger partial charge is 0.354 e. The maximum absolute atomic E-state index is 13.6. The van der Waals surface area contributed by atoms with Crippen LogP contribution in [0, 0.1) is 5.92 Å². The van der Waals surface area contributed by atoms with Crippen LogP contribution in [-0.2, 0) is 28.9 Å². The lowest BCUT2D eigenvalue weighted by atomic mass is 9.95. The van der Waals surface area contributed by atoms with E-state index in [1.54, 1.807) is 17.3 Å². The highest BCUT2D eigenvalue weighted by atomic mass is 79.9. The average molecular weight is 609 g/mol. The zero-order valence-corrected chi connectivity index (χ0v) is 24.0. The first kappa shape index (κ1) is 26.4. The van der Waals surface area contributed by atoms with Crippen molar-refractivity contribution < 1.29 is 9.59 Å². The van der Waals surface area contributed by atoms with Crippen LogP contribution < -0.4 is 5.32 Å². The fourth-order valence-corrected chi connectivity index (χ4v) is 6.38. The van der Waals surface area contributed by atoms with E-state index < -0.39 is 6.04 Å². The van der Waals surface area contributed by atoms with E-state index in [0.717, 1.165) is 46.4 Å². The Labute approximate surface area is 242 Å². The van der Waals surface area contributed by atoms with E-state index in [1.807, 2.05) is 24.4 Å². The first-order chi connectivity index (χ1) is 19.0. The van der Waals surface area contributed by atoms with Crippen LogP contribution in [-0.4, -0.2) is 63.8 Å². The number of fused-ring (bicyclic) bond motifs is 2. The van der Waals surface area contributed by atoms with Gasteiger partial charge in [0.05, 0.1) is 18.2 Å². The molecule has 3 aliphatic rings. The normalized spacial score (nSPS) is 21.0. The van der Waals surface area contributed by atoms with Crippen molar-refractivity contribution in [3.05, 3.63) is 92.4 Å². The summed E-state index contributed by atoms with van der Waals surface area (Å²) in [6, 6.07) is 11.2. The number of pyridine rings is 2. The van der Waals surface area contributed by atoms with Gasteiger partial charge < -0.3 is 10.2 Å². The Morgan fingerprint density at radius 3 is 2.64 bits per heavy atom. The van der Waals surface area contributed by atoms with Gasteiger partial charge >= 0.3 is 0 Å². The van der Waals surface area contributed by atoms with Crippen LogP contribution in [0.3, 0.4) is 0 Å². The highest BCUT2D eigenvalue weighted by molar-refractivity contribution is 9.10. The van der Waals surface area contributed by atoms with E-state index in [9.17, 15) is 9.59 Å². The molecule has 3 aromatic rings. The molecule has 6 rings (SSSR count). The fourth-order valence-electron chi connectivity index (χ4n) is 5.81. The summed E-state index contributed by atoms with van der Waals surface area (Å²) >= 11 is 10.0. The van der Waals surface area contributed by atoms with Gasteiger partial charge in [-0.1, -0.05) is 17.7 Å². The topological polar surface area (TPSA) is 78.4 Å². The van der Waals surface area contributed by atoms with Gasteiger partial charge in [0, 0.05) is 54.3 Å². The van der Waals surface area contributed by atoms with Gasteiger partial charge in [-0.05, 0) is 100 Å². The number of hydrogen-bond donors (Lipinski definition) is 1. The lowest BCUT2D eigenvalue weighted by molar-refractivity contribution is -0.144. The molecule has 1 N–H and O–H groups in total. The summed E-state index contributed by atoms with van der Waals surface area (Å²) in [6.45, 7) is 2.21. The summed E-state index contributed by atoms with van der Waals surface area (Å²) in [6.07, 6.45) is 9.52. The number of nitrogens with one attached hydrogen (secondary N) is 1. The molecular weight excluding hydrogens is 578 g/mol. The molecule has 0 radical (unpaired) electrons. The molecule has 1 aromatic carbocycles. The molecular formula is C30H31BrClN5O2. The van der Waals surface area contributed by atoms with Crippen molar-refractivity contribution in [1.29, 1.82) is 0 Å². The lowest BCUT2D eigenvalue weighted by Gasteiger charge is -2.44. The molecule has 0 bridgehead atoms. The Hall–Kier alpha value is -2.81. The minimum Gasteiger partial charge on any atom is -0.354 e. The van der Waals surface area contributed by atoms with E-state index in [0.29, 0.717) is 32.1 Å². The van der Waals surface area contributed by atoms with Gasteiger partial charge in [-0.3, -0.25) is 24.5 Å². The van der Waals surface area contributed by atoms with E-state index in [-0.39, 0.29) is 24.3 Å². The van der Waals surface area contributed by atoms with E-state index in [4.69, 9.17) is 16.6 Å². The van der Waals surface area contributed by atoms with Gasteiger partial charge in [-0.2, -0.15) is 0 Å². The summed E-state index contributed by atoms with van der Waals surface area (Å²) in [5.41, 5.74) is 5.46. The third-order valence-corrected chi connectivity index (χ3v) is 8.73. The van der Waals surface area contributed by atoms with Gasteiger partial charge in [0.1, 0.15) is 6.04 Å². The molecule has 2 fully saturated rings. The Morgan fingerprint density at radius 1 is 1.05 bits per heavy atom. The molecule has 2 unspecified atom stereocenters. The molecule has 2 aliphatic carbocycles. The van der Waals surface area contributed by atoms with Crippen molar-refractivity contribution in [2.75, 3.05) is 26.2 Å². The highest BCUT2D eigenvalue weighted by Crippen LogP contribution is 2.38. The highest BCUT2D eigenvalue weighted by Gasteiger charge is 2.40. The number of rotatable bonds is 6. The number of amides is 2. The smallest absolute Gasteiger partial charge is 0.244 e. The standard InChI is InChI=1S/C30H31BrClN5O2/c31-23-14-22-4-3-21-15-24(32)5-6-25(21)29(28(22)34-17-23)36-11-12-37(27(38)13-19-7-9-33-10-8-19)26(18-36)30(39)35-16-20-1-2-20/h5-10,14-15,17,20,26,29H,1-4,11-13,16,18H2,(H,35,39). The van der Waals surface area contributed by atoms with Crippen LogP contribution in [0.15, 0.2) is 59.5 Å². The number of carbonyl (C=O) groups is 2. The molecule has 2 amide bonds. The number of hydrogen-bond acceptors (Lipinski definition) is 5. The van der Waals surface area contributed by atoms with Gasteiger partial charge in [-0.15, -0.1) is 0 Å². The average Bonchev–Trinajstić information content (AvgIpc) is 3.78. The fraction of sp³-hybridized carbons (Fsp3) is 0.400. The Bertz CT molecular complexity index is 1330. The summed E-state index contributed by atoms with van der Waals surface area (Å²) in [7, 11) is 0. The Balaban J connectivity index is 1.32. The second-order valence-electron chi connectivity index (χ2n) is 10.8. The quantitative estimate of drug-likeness (QED) is 0.450. The summed E-state index contributed by atoms with van der Waals surface area (Å²) in [5.74, 6) is 0.439. The predicted octanol–water partition coefficient (Wildman–Crippen LogP) is 4.36. The van der Waals surface area contributed by atoms with Gasteiger partial charge in [0.25, 0.3) is 0 Å². The first-order valence-corrected chi connectivity index (χ1v) is 14.8. The molecule has 1 aliphatic heterocycles. The minimum atomic E-state index is -0.579. The Kier molecular flexibility index (Phi) is 7.69. The number of aryl methyl sites for hydroxylation is 2. The molecule has 1 saturated heterocycles. The third-order valence-electron chi connectivity index (χ3n) is 8.06. The van der Waals surface area contributed by atoms with Crippen LogP contribution in [0.2, 0.25) is 5.02 Å². The summed E-state index contributed by atoms with van der Waals surface area (Å²) in [4.78, 5) is 40.2. The zero-order valence-electron chi connectivity index (χ0n) is 21.7. The predicted molar refractivity (Wildman–Crippen MR) is 153 cm³/mol. The van der Waals surface area contributed by atoms with E-state index >= 15 is 0 Å². The number of carbonyl (C=O) groups excluding carboxylic acids is 2. The van der Waals surface area contributed by atoms with Gasteiger partial charge in [0.15, 0.2) is 0 Å². The molecule has 2 atom stereocenters. The van der Waals surface area contributed by atoms with Crippen molar-refractivity contribution in [3.63, 3.8) is 0 Å². The molecule has 9 heteroatoms. The molecule has 7 nitrogen and oxygen atoms in total. The van der Waals surface area contributed by atoms with Crippen LogP contribution in [0.5, 0.6) is 0 Å². The number of piperazine rings is 1. The second-order valence-corrected chi connectivity index (χ2v) is 12.1. The van der Waals surface area contributed by atoms with Crippen molar-refractivity contribution in [1.82, 2.24) is 25.1 Å². The van der Waals surface area contributed by atoms with Crippen molar-refractivity contribution in [2.24, 2.45) is 5.92 Å². The number of aromatic nitrogens is 2. The van der Waals surface area contributed by atoms with Gasteiger partial charge in [0.2, 0.25) is 11.8 Å². The van der Waals surface area contributed by atoms with E-state index in [2.05, 4.69) is 49.3 Å².